The summed E-state index contributed by atoms with van der Waals surface area (Å²) in [5, 5.41) is 0. The second-order valence-electron chi connectivity index (χ2n) is 2.78. The predicted molar refractivity (Wildman–Crippen MR) is 53.8 cm³/mol. The lowest BCUT2D eigenvalue weighted by atomic mass is 10.2. The highest BCUT2D eigenvalue weighted by Gasteiger charge is 2.45. The van der Waals surface area contributed by atoms with Crippen LogP contribution in [0.25, 0.3) is 0 Å². The van der Waals surface area contributed by atoms with E-state index in [9.17, 15) is 9.00 Å². The number of hydrogen-bond acceptors (Lipinski definition) is 3. The molecule has 0 bridgehead atoms. The molecule has 0 spiro atoms. The molecular formula is C8H14O2S2. The van der Waals surface area contributed by atoms with Gasteiger partial charge in [-0.15, -0.1) is 11.8 Å². The fourth-order valence-electron chi connectivity index (χ4n) is 1.45. The van der Waals surface area contributed by atoms with E-state index in [0.717, 1.165) is 5.75 Å². The van der Waals surface area contributed by atoms with Gasteiger partial charge in [-0.3, -0.25) is 9.00 Å². The SMILES string of the molecule is CCC(=O)[C@]1(CC)SCCS1=O. The van der Waals surface area contributed by atoms with Crippen molar-refractivity contribution >= 4 is 28.3 Å². The molecule has 0 saturated carbocycles. The average Bonchev–Trinajstić information content (AvgIpc) is 2.46. The molecule has 1 fully saturated rings. The molecule has 70 valence electrons. The molecule has 1 rings (SSSR count). The van der Waals surface area contributed by atoms with E-state index < -0.39 is 14.9 Å². The molecule has 12 heavy (non-hydrogen) atoms. The monoisotopic (exact) mass is 206 g/mol. The number of Topliss-reactive ketones (excluding diaryl/α,β-unsaturated/α-hetero) is 1. The zero-order valence-corrected chi connectivity index (χ0v) is 9.09. The van der Waals surface area contributed by atoms with E-state index in [1.165, 1.54) is 0 Å². The first-order chi connectivity index (χ1) is 5.67. The Bertz CT molecular complexity index is 215. The Kier molecular flexibility index (Phi) is 3.35. The van der Waals surface area contributed by atoms with Crippen LogP contribution in [0.5, 0.6) is 0 Å². The molecule has 1 heterocycles. The summed E-state index contributed by atoms with van der Waals surface area (Å²) in [7, 11) is -0.936. The summed E-state index contributed by atoms with van der Waals surface area (Å²) < 4.78 is 11.1. The Balaban J connectivity index is 2.88. The third-order valence-electron chi connectivity index (χ3n) is 2.18. The second kappa shape index (κ2) is 3.92. The van der Waals surface area contributed by atoms with Crippen molar-refractivity contribution in [3.05, 3.63) is 0 Å². The van der Waals surface area contributed by atoms with Crippen LogP contribution in [0.15, 0.2) is 0 Å². The highest BCUT2D eigenvalue weighted by atomic mass is 32.2. The number of rotatable bonds is 3. The number of thioether (sulfide) groups is 1. The van der Waals surface area contributed by atoms with Gasteiger partial charge < -0.3 is 0 Å². The molecule has 0 N–H and O–H groups in total. The maximum atomic E-state index is 11.6. The van der Waals surface area contributed by atoms with Crippen molar-refractivity contribution in [2.45, 2.75) is 30.8 Å². The maximum Gasteiger partial charge on any atom is 0.161 e. The Labute approximate surface area is 79.9 Å². The lowest BCUT2D eigenvalue weighted by molar-refractivity contribution is -0.119. The fourth-order valence-corrected chi connectivity index (χ4v) is 5.30. The van der Waals surface area contributed by atoms with Crippen LogP contribution in [0.4, 0.5) is 0 Å². The molecular weight excluding hydrogens is 192 g/mol. The van der Waals surface area contributed by atoms with E-state index in [2.05, 4.69) is 0 Å². The minimum atomic E-state index is -0.936. The van der Waals surface area contributed by atoms with E-state index in [1.807, 2.05) is 13.8 Å². The van der Waals surface area contributed by atoms with Gasteiger partial charge in [-0.2, -0.15) is 0 Å². The molecule has 1 unspecified atom stereocenters. The fraction of sp³-hybridized carbons (Fsp3) is 0.875. The largest absolute Gasteiger partial charge is 0.297 e. The van der Waals surface area contributed by atoms with Crippen molar-refractivity contribution in [1.29, 1.82) is 0 Å². The summed E-state index contributed by atoms with van der Waals surface area (Å²) in [4.78, 5) is 11.6. The smallest absolute Gasteiger partial charge is 0.161 e. The first kappa shape index (κ1) is 10.3. The summed E-state index contributed by atoms with van der Waals surface area (Å²) in [5.74, 6) is 1.71. The summed E-state index contributed by atoms with van der Waals surface area (Å²) in [6.45, 7) is 3.79. The zero-order valence-electron chi connectivity index (χ0n) is 7.46. The van der Waals surface area contributed by atoms with Gasteiger partial charge >= 0.3 is 0 Å². The molecule has 0 aliphatic carbocycles. The van der Waals surface area contributed by atoms with Crippen LogP contribution in [0.3, 0.4) is 0 Å². The van der Waals surface area contributed by atoms with E-state index in [4.69, 9.17) is 0 Å². The average molecular weight is 206 g/mol. The summed E-state index contributed by atoms with van der Waals surface area (Å²) in [6.07, 6.45) is 1.21. The van der Waals surface area contributed by atoms with Gasteiger partial charge in [0.25, 0.3) is 0 Å². The van der Waals surface area contributed by atoms with Crippen LogP contribution in [0, 0.1) is 0 Å². The normalized spacial score (nSPS) is 35.3. The molecule has 0 aromatic rings. The van der Waals surface area contributed by atoms with Crippen molar-refractivity contribution in [3.63, 3.8) is 0 Å². The quantitative estimate of drug-likeness (QED) is 0.703. The van der Waals surface area contributed by atoms with Crippen LogP contribution >= 0.6 is 11.8 Å². The van der Waals surface area contributed by atoms with E-state index in [1.54, 1.807) is 11.8 Å². The van der Waals surface area contributed by atoms with Gasteiger partial charge in [-0.1, -0.05) is 13.8 Å². The third kappa shape index (κ3) is 1.46. The highest BCUT2D eigenvalue weighted by Crippen LogP contribution is 2.40. The summed E-state index contributed by atoms with van der Waals surface area (Å²) >= 11 is 1.58. The van der Waals surface area contributed by atoms with E-state index in [-0.39, 0.29) is 5.78 Å². The zero-order chi connectivity index (χ0) is 9.19. The molecule has 0 aromatic carbocycles. The minimum Gasteiger partial charge on any atom is -0.297 e. The van der Waals surface area contributed by atoms with Crippen molar-refractivity contribution in [3.8, 4) is 0 Å². The third-order valence-corrected chi connectivity index (χ3v) is 6.57. The molecule has 0 aromatic heterocycles. The summed E-state index contributed by atoms with van der Waals surface area (Å²) in [6, 6.07) is 0. The van der Waals surface area contributed by atoms with Crippen LogP contribution in [-0.4, -0.2) is 25.6 Å². The molecule has 1 saturated heterocycles. The van der Waals surface area contributed by atoms with E-state index in [0.29, 0.717) is 18.6 Å². The lowest BCUT2D eigenvalue weighted by Crippen LogP contribution is -2.35. The summed E-state index contributed by atoms with van der Waals surface area (Å²) in [5.41, 5.74) is 0. The molecule has 2 atom stereocenters. The lowest BCUT2D eigenvalue weighted by Gasteiger charge is -2.22. The number of carbonyl (C=O) groups is 1. The number of carbonyl (C=O) groups excluding carboxylic acids is 1. The van der Waals surface area contributed by atoms with Gasteiger partial charge in [0.1, 0.15) is 4.08 Å². The highest BCUT2D eigenvalue weighted by molar-refractivity contribution is 8.16. The van der Waals surface area contributed by atoms with Crippen LogP contribution in [-0.2, 0) is 15.6 Å². The molecule has 0 radical (unpaired) electrons. The topological polar surface area (TPSA) is 34.1 Å². The maximum absolute atomic E-state index is 11.6. The van der Waals surface area contributed by atoms with Gasteiger partial charge in [0.15, 0.2) is 5.78 Å². The molecule has 1 aliphatic heterocycles. The van der Waals surface area contributed by atoms with Gasteiger partial charge in [0.05, 0.1) is 0 Å². The van der Waals surface area contributed by atoms with Gasteiger partial charge in [-0.05, 0) is 6.42 Å². The van der Waals surface area contributed by atoms with Crippen molar-refractivity contribution < 1.29 is 9.00 Å². The first-order valence-electron chi connectivity index (χ1n) is 4.23. The predicted octanol–water partition coefficient (Wildman–Crippen LogP) is 1.57. The number of hydrogen-bond donors (Lipinski definition) is 0. The standard InChI is InChI=1S/C8H14O2S2/c1-3-7(9)8(4-2)11-5-6-12(8)10/h3-6H2,1-2H3/t8-,12?/m1/s1. The van der Waals surface area contributed by atoms with Gasteiger partial charge in [-0.25, -0.2) is 0 Å². The molecule has 2 nitrogen and oxygen atoms in total. The second-order valence-corrected chi connectivity index (χ2v) is 6.23. The first-order valence-corrected chi connectivity index (χ1v) is 6.53. The minimum absolute atomic E-state index is 0.158. The van der Waals surface area contributed by atoms with Crippen LogP contribution < -0.4 is 0 Å². The Morgan fingerprint density at radius 3 is 2.58 bits per heavy atom. The van der Waals surface area contributed by atoms with Crippen molar-refractivity contribution in [2.75, 3.05) is 11.5 Å². The number of ketones is 1. The molecule has 4 heteroatoms. The Morgan fingerprint density at radius 2 is 2.25 bits per heavy atom. The van der Waals surface area contributed by atoms with Gasteiger partial charge in [0, 0.05) is 28.7 Å². The van der Waals surface area contributed by atoms with Crippen molar-refractivity contribution in [1.82, 2.24) is 0 Å². The van der Waals surface area contributed by atoms with Crippen LogP contribution in [0.2, 0.25) is 0 Å². The Morgan fingerprint density at radius 1 is 1.58 bits per heavy atom. The van der Waals surface area contributed by atoms with Crippen molar-refractivity contribution in [2.24, 2.45) is 0 Å². The Hall–Kier alpha value is 0.170. The molecule has 1 aliphatic rings. The van der Waals surface area contributed by atoms with Gasteiger partial charge in [0.2, 0.25) is 0 Å². The van der Waals surface area contributed by atoms with E-state index >= 15 is 0 Å². The molecule has 0 amide bonds. The van der Waals surface area contributed by atoms with Crippen LogP contribution in [0.1, 0.15) is 26.7 Å².